The van der Waals surface area contributed by atoms with Crippen LogP contribution in [-0.4, -0.2) is 33.9 Å². The van der Waals surface area contributed by atoms with E-state index in [1.165, 1.54) is 0 Å². The average molecular weight is 376 g/mol. The minimum absolute atomic E-state index is 0.00973. The zero-order valence-electron chi connectivity index (χ0n) is 17.8. The molecular weight excluding hydrogens is 342 g/mol. The molecule has 1 aliphatic heterocycles. The van der Waals surface area contributed by atoms with Crippen LogP contribution in [0.3, 0.4) is 0 Å². The first kappa shape index (κ1) is 20.1. The second-order valence-electron chi connectivity index (χ2n) is 10.1. The molecule has 0 radical (unpaired) electrons. The summed E-state index contributed by atoms with van der Waals surface area (Å²) in [5, 5.41) is 0.900. The van der Waals surface area contributed by atoms with Crippen molar-refractivity contribution in [3.05, 3.63) is 28.4 Å². The monoisotopic (exact) mass is 375 g/mol. The van der Waals surface area contributed by atoms with E-state index in [0.717, 1.165) is 17.5 Å². The maximum atomic E-state index is 12.7. The van der Waals surface area contributed by atoms with Gasteiger partial charge in [0.25, 0.3) is 0 Å². The summed E-state index contributed by atoms with van der Waals surface area (Å²) >= 11 is 0. The zero-order valence-corrected chi connectivity index (χ0v) is 17.8. The van der Waals surface area contributed by atoms with Crippen LogP contribution in [0.25, 0.3) is 11.0 Å². The van der Waals surface area contributed by atoms with Gasteiger partial charge in [-0.05, 0) is 30.2 Å². The molecule has 1 unspecified atom stereocenters. The molecule has 0 aromatic carbocycles. The van der Waals surface area contributed by atoms with E-state index in [1.807, 2.05) is 19.2 Å². The molecule has 27 heavy (non-hydrogen) atoms. The maximum Gasteiger partial charge on any atom is 0.351 e. The van der Waals surface area contributed by atoms with Gasteiger partial charge in [0, 0.05) is 30.3 Å². The lowest BCUT2D eigenvalue weighted by molar-refractivity contribution is -0.0590. The Morgan fingerprint density at radius 1 is 1.26 bits per heavy atom. The molecule has 4 atom stereocenters. The van der Waals surface area contributed by atoms with Gasteiger partial charge in [-0.3, -0.25) is 4.57 Å². The topological polar surface area (TPSA) is 69.1 Å². The molecule has 6 heteroatoms. The highest BCUT2D eigenvalue weighted by Gasteiger charge is 2.51. The third-order valence-electron chi connectivity index (χ3n) is 5.38. The number of rotatable bonds is 3. The Kier molecular flexibility index (Phi) is 5.02. The van der Waals surface area contributed by atoms with Crippen LogP contribution in [-0.2, 0) is 9.47 Å². The first-order valence-corrected chi connectivity index (χ1v) is 9.67. The third-order valence-corrected chi connectivity index (χ3v) is 5.38. The summed E-state index contributed by atoms with van der Waals surface area (Å²) in [5.74, 6) is 0.169. The molecule has 2 aromatic heterocycles. The van der Waals surface area contributed by atoms with Crippen LogP contribution in [0.15, 0.2) is 17.1 Å². The predicted octanol–water partition coefficient (Wildman–Crippen LogP) is 4.04. The van der Waals surface area contributed by atoms with Crippen molar-refractivity contribution in [2.75, 3.05) is 7.11 Å². The second-order valence-corrected chi connectivity index (χ2v) is 10.1. The van der Waals surface area contributed by atoms with Crippen molar-refractivity contribution in [3.8, 4) is 0 Å². The van der Waals surface area contributed by atoms with E-state index in [2.05, 4.69) is 51.5 Å². The van der Waals surface area contributed by atoms with Crippen molar-refractivity contribution in [1.82, 2.24) is 14.5 Å². The van der Waals surface area contributed by atoms with E-state index in [-0.39, 0.29) is 34.6 Å². The van der Waals surface area contributed by atoms with Gasteiger partial charge in [0.1, 0.15) is 11.8 Å². The minimum Gasteiger partial charge on any atom is -0.376 e. The standard InChI is InChI=1S/C21H33N3O3/c1-12-9-13-11-24(19(25)23-17(13)22-12)18-16(26-8)15(21(5,6)7)14(27-18)10-20(2,3)4/h9,11,14-16,18H,10H2,1-8H3,(H,22,23,25)/t14-,15+,16?,18-/m1/s1. The summed E-state index contributed by atoms with van der Waals surface area (Å²) < 4.78 is 14.0. The van der Waals surface area contributed by atoms with Crippen LogP contribution < -0.4 is 5.69 Å². The molecule has 6 nitrogen and oxygen atoms in total. The molecule has 3 heterocycles. The molecule has 1 saturated heterocycles. The molecule has 0 saturated carbocycles. The lowest BCUT2D eigenvalue weighted by Gasteiger charge is -2.36. The predicted molar refractivity (Wildman–Crippen MR) is 107 cm³/mol. The molecular formula is C21H33N3O3. The highest BCUT2D eigenvalue weighted by molar-refractivity contribution is 5.75. The number of ether oxygens (including phenoxy) is 2. The van der Waals surface area contributed by atoms with Gasteiger partial charge in [-0.15, -0.1) is 0 Å². The van der Waals surface area contributed by atoms with Crippen molar-refractivity contribution in [3.63, 3.8) is 0 Å². The van der Waals surface area contributed by atoms with Crippen LogP contribution in [0.1, 0.15) is 59.9 Å². The van der Waals surface area contributed by atoms with Gasteiger partial charge >= 0.3 is 5.69 Å². The summed E-state index contributed by atoms with van der Waals surface area (Å²) in [6.45, 7) is 15.2. The average Bonchev–Trinajstić information content (AvgIpc) is 3.02. The number of nitrogens with one attached hydrogen (secondary N) is 1. The van der Waals surface area contributed by atoms with Crippen molar-refractivity contribution in [2.45, 2.75) is 73.3 Å². The van der Waals surface area contributed by atoms with Crippen LogP contribution in [0.5, 0.6) is 0 Å². The number of methoxy groups -OCH3 is 1. The molecule has 150 valence electrons. The van der Waals surface area contributed by atoms with E-state index in [1.54, 1.807) is 11.7 Å². The minimum atomic E-state index is -0.480. The number of fused-ring (bicyclic) bond motifs is 1. The number of aryl methyl sites for hydroxylation is 1. The Labute approximate surface area is 161 Å². The largest absolute Gasteiger partial charge is 0.376 e. The van der Waals surface area contributed by atoms with Gasteiger partial charge in [-0.2, -0.15) is 4.98 Å². The molecule has 1 aliphatic rings. The molecule has 0 spiro atoms. The van der Waals surface area contributed by atoms with Gasteiger partial charge < -0.3 is 14.5 Å². The van der Waals surface area contributed by atoms with E-state index in [0.29, 0.717) is 5.65 Å². The Morgan fingerprint density at radius 3 is 2.48 bits per heavy atom. The van der Waals surface area contributed by atoms with Gasteiger partial charge in [-0.1, -0.05) is 41.5 Å². The number of aromatic amines is 1. The van der Waals surface area contributed by atoms with E-state index in [9.17, 15) is 4.79 Å². The highest BCUT2D eigenvalue weighted by Crippen LogP contribution is 2.48. The van der Waals surface area contributed by atoms with Gasteiger partial charge in [-0.25, -0.2) is 4.79 Å². The normalized spacial score (nSPS) is 26.8. The first-order valence-electron chi connectivity index (χ1n) is 9.67. The Hall–Kier alpha value is -1.66. The zero-order chi connectivity index (χ0) is 20.1. The number of hydrogen-bond acceptors (Lipinski definition) is 4. The van der Waals surface area contributed by atoms with E-state index >= 15 is 0 Å². The molecule has 2 aromatic rings. The van der Waals surface area contributed by atoms with E-state index < -0.39 is 6.23 Å². The summed E-state index contributed by atoms with van der Waals surface area (Å²) in [6, 6.07) is 1.99. The number of aromatic nitrogens is 3. The Balaban J connectivity index is 2.06. The lowest BCUT2D eigenvalue weighted by Crippen LogP contribution is -2.40. The summed E-state index contributed by atoms with van der Waals surface area (Å²) in [6.07, 6.45) is 2.05. The quantitative estimate of drug-likeness (QED) is 0.879. The molecule has 0 aliphatic carbocycles. The van der Waals surface area contributed by atoms with Gasteiger partial charge in [0.2, 0.25) is 0 Å². The summed E-state index contributed by atoms with van der Waals surface area (Å²) in [7, 11) is 1.71. The smallest absolute Gasteiger partial charge is 0.351 e. The Bertz CT molecular complexity index is 869. The summed E-state index contributed by atoms with van der Waals surface area (Å²) in [4.78, 5) is 20.1. The highest BCUT2D eigenvalue weighted by atomic mass is 16.6. The van der Waals surface area contributed by atoms with Crippen molar-refractivity contribution < 1.29 is 9.47 Å². The van der Waals surface area contributed by atoms with Crippen LogP contribution in [0, 0.1) is 23.7 Å². The lowest BCUT2D eigenvalue weighted by atomic mass is 9.71. The molecule has 3 rings (SSSR count). The van der Waals surface area contributed by atoms with Crippen LogP contribution in [0.2, 0.25) is 0 Å². The molecule has 1 fully saturated rings. The van der Waals surface area contributed by atoms with Gasteiger partial charge in [0.05, 0.1) is 6.10 Å². The van der Waals surface area contributed by atoms with Gasteiger partial charge in [0.15, 0.2) is 6.23 Å². The van der Waals surface area contributed by atoms with E-state index in [4.69, 9.17) is 9.47 Å². The van der Waals surface area contributed by atoms with Crippen molar-refractivity contribution in [2.24, 2.45) is 16.7 Å². The fourth-order valence-corrected chi connectivity index (χ4v) is 4.37. The number of hydrogen-bond donors (Lipinski definition) is 1. The maximum absolute atomic E-state index is 12.7. The third kappa shape index (κ3) is 3.97. The number of H-pyrrole nitrogens is 1. The molecule has 1 N–H and O–H groups in total. The van der Waals surface area contributed by atoms with Crippen LogP contribution in [0.4, 0.5) is 0 Å². The molecule has 0 amide bonds. The first-order chi connectivity index (χ1) is 12.4. The SMILES string of the molecule is COC1[C@H](n2cc3cc(C)[nH]c3nc2=O)O[C@H](CC(C)(C)C)[C@@H]1C(C)(C)C. The van der Waals surface area contributed by atoms with Crippen molar-refractivity contribution >= 4 is 11.0 Å². The second kappa shape index (κ2) is 6.74. The molecule has 0 bridgehead atoms. The van der Waals surface area contributed by atoms with Crippen molar-refractivity contribution in [1.29, 1.82) is 0 Å². The number of nitrogens with zero attached hydrogens (tertiary/aromatic N) is 2. The Morgan fingerprint density at radius 2 is 1.93 bits per heavy atom. The fourth-order valence-electron chi connectivity index (χ4n) is 4.37. The summed E-state index contributed by atoms with van der Waals surface area (Å²) in [5.41, 5.74) is 1.37. The van der Waals surface area contributed by atoms with Crippen LogP contribution >= 0.6 is 0 Å². The fraction of sp³-hybridized carbons (Fsp3) is 0.714.